The van der Waals surface area contributed by atoms with Crippen molar-refractivity contribution in [2.75, 3.05) is 52.9 Å². The van der Waals surface area contributed by atoms with Crippen LogP contribution in [0.1, 0.15) is 60.8 Å². The molecule has 2 aromatic rings. The molecular formula is C27H37ClN4O4. The van der Waals surface area contributed by atoms with Gasteiger partial charge in [0.2, 0.25) is 5.91 Å². The number of nitrogens with zero attached hydrogens (tertiary/aromatic N) is 4. The maximum atomic E-state index is 13.7. The summed E-state index contributed by atoms with van der Waals surface area (Å²) < 4.78 is 11.6. The van der Waals surface area contributed by atoms with Gasteiger partial charge in [0.05, 0.1) is 12.3 Å². The molecule has 0 radical (unpaired) electrons. The Bertz CT molecular complexity index is 1080. The van der Waals surface area contributed by atoms with E-state index in [1.54, 1.807) is 19.1 Å². The average Bonchev–Trinajstić information content (AvgIpc) is 3.24. The molecule has 2 fully saturated rings. The Morgan fingerprint density at radius 1 is 1.17 bits per heavy atom. The van der Waals surface area contributed by atoms with Gasteiger partial charge >= 0.3 is 0 Å². The number of ether oxygens (including phenoxy) is 1. The van der Waals surface area contributed by atoms with Crippen LogP contribution in [0.25, 0.3) is 0 Å². The molecule has 2 saturated heterocycles. The molecular weight excluding hydrogens is 480 g/mol. The molecule has 0 unspecified atom stereocenters. The number of amides is 2. The van der Waals surface area contributed by atoms with Gasteiger partial charge in [-0.25, -0.2) is 0 Å². The Labute approximate surface area is 218 Å². The van der Waals surface area contributed by atoms with Crippen LogP contribution in [0.4, 0.5) is 0 Å². The molecule has 2 aliphatic rings. The molecule has 1 atom stereocenters. The summed E-state index contributed by atoms with van der Waals surface area (Å²) in [5.41, 5.74) is 0.721. The van der Waals surface area contributed by atoms with Gasteiger partial charge in [-0.3, -0.25) is 9.59 Å². The molecule has 3 heterocycles. The van der Waals surface area contributed by atoms with Crippen molar-refractivity contribution >= 4 is 23.4 Å². The maximum absolute atomic E-state index is 13.7. The molecule has 1 aromatic carbocycles. The minimum Gasteiger partial charge on any atom is -0.493 e. The summed E-state index contributed by atoms with van der Waals surface area (Å²) in [6.07, 6.45) is 1.93. The fourth-order valence-corrected chi connectivity index (χ4v) is 5.36. The minimum atomic E-state index is -0.500. The van der Waals surface area contributed by atoms with Crippen molar-refractivity contribution in [3.8, 4) is 5.75 Å². The number of likely N-dealkylation sites (N-methyl/N-ethyl adjacent to an activating group) is 1. The predicted molar refractivity (Wildman–Crippen MR) is 139 cm³/mol. The quantitative estimate of drug-likeness (QED) is 0.548. The lowest BCUT2D eigenvalue weighted by Gasteiger charge is -2.43. The number of aryl methyl sites for hydroxylation is 1. The van der Waals surface area contributed by atoms with E-state index < -0.39 is 5.41 Å². The molecule has 0 spiro atoms. The second-order valence-corrected chi connectivity index (χ2v) is 11.0. The first-order valence-corrected chi connectivity index (χ1v) is 13.2. The highest BCUT2D eigenvalue weighted by atomic mass is 35.5. The zero-order chi connectivity index (χ0) is 25.9. The Kier molecular flexibility index (Phi) is 8.25. The second-order valence-electron chi connectivity index (χ2n) is 10.6. The van der Waals surface area contributed by atoms with Crippen LogP contribution < -0.4 is 4.74 Å². The first-order valence-electron chi connectivity index (χ1n) is 12.8. The monoisotopic (exact) mass is 516 g/mol. The number of halogens is 1. The van der Waals surface area contributed by atoms with E-state index in [2.05, 4.69) is 17.1 Å². The molecule has 9 heteroatoms. The van der Waals surface area contributed by atoms with Crippen LogP contribution in [0.15, 0.2) is 28.8 Å². The fourth-order valence-electron chi connectivity index (χ4n) is 5.18. The molecule has 0 saturated carbocycles. The summed E-state index contributed by atoms with van der Waals surface area (Å²) in [5, 5.41) is 4.74. The first kappa shape index (κ1) is 26.5. The summed E-state index contributed by atoms with van der Waals surface area (Å²) in [7, 11) is 2.07. The van der Waals surface area contributed by atoms with E-state index in [0.717, 1.165) is 39.0 Å². The first-order chi connectivity index (χ1) is 17.2. The van der Waals surface area contributed by atoms with Gasteiger partial charge in [0.1, 0.15) is 17.1 Å². The molecule has 2 amide bonds. The van der Waals surface area contributed by atoms with Crippen LogP contribution in [-0.4, -0.2) is 84.6 Å². The van der Waals surface area contributed by atoms with E-state index in [0.29, 0.717) is 53.9 Å². The maximum Gasteiger partial charge on any atom is 0.259 e. The summed E-state index contributed by atoms with van der Waals surface area (Å²) in [6, 6.07) is 7.29. The van der Waals surface area contributed by atoms with Gasteiger partial charge in [-0.2, -0.15) is 0 Å². The number of carbonyl (C=O) groups is 2. The number of rotatable bonds is 7. The zero-order valence-electron chi connectivity index (χ0n) is 21.8. The molecule has 0 aliphatic carbocycles. The highest BCUT2D eigenvalue weighted by Crippen LogP contribution is 2.37. The number of aromatic nitrogens is 1. The van der Waals surface area contributed by atoms with Crippen LogP contribution in [0, 0.1) is 12.3 Å². The molecule has 8 nitrogen and oxygen atoms in total. The van der Waals surface area contributed by atoms with Gasteiger partial charge in [-0.15, -0.1) is 0 Å². The zero-order valence-corrected chi connectivity index (χ0v) is 22.5. The smallest absolute Gasteiger partial charge is 0.259 e. The number of piperazine rings is 1. The number of benzene rings is 1. The van der Waals surface area contributed by atoms with E-state index >= 15 is 0 Å². The lowest BCUT2D eigenvalue weighted by Crippen LogP contribution is -2.53. The lowest BCUT2D eigenvalue weighted by atomic mass is 9.77. The van der Waals surface area contributed by atoms with E-state index in [4.69, 9.17) is 20.9 Å². The highest BCUT2D eigenvalue weighted by Gasteiger charge is 2.42. The van der Waals surface area contributed by atoms with Crippen LogP contribution in [0.2, 0.25) is 5.02 Å². The van der Waals surface area contributed by atoms with Gasteiger partial charge in [0, 0.05) is 56.1 Å². The largest absolute Gasteiger partial charge is 0.493 e. The second kappa shape index (κ2) is 11.2. The van der Waals surface area contributed by atoms with Crippen LogP contribution in [0.5, 0.6) is 5.75 Å². The van der Waals surface area contributed by atoms with Crippen LogP contribution in [0.3, 0.4) is 0 Å². The van der Waals surface area contributed by atoms with Crippen molar-refractivity contribution in [3.05, 3.63) is 46.3 Å². The Morgan fingerprint density at radius 2 is 1.92 bits per heavy atom. The molecule has 1 aromatic heterocycles. The average molecular weight is 517 g/mol. The number of hydrogen-bond acceptors (Lipinski definition) is 6. The molecule has 0 bridgehead atoms. The molecule has 2 aliphatic heterocycles. The van der Waals surface area contributed by atoms with Crippen molar-refractivity contribution < 1.29 is 18.8 Å². The summed E-state index contributed by atoms with van der Waals surface area (Å²) in [6.45, 7) is 10.4. The molecule has 36 heavy (non-hydrogen) atoms. The van der Waals surface area contributed by atoms with Crippen molar-refractivity contribution in [2.24, 2.45) is 5.41 Å². The normalized spacial score (nSPS) is 21.2. The van der Waals surface area contributed by atoms with Gasteiger partial charge in [-0.1, -0.05) is 36.7 Å². The number of hydrogen-bond donors (Lipinski definition) is 0. The predicted octanol–water partition coefficient (Wildman–Crippen LogP) is 4.23. The van der Waals surface area contributed by atoms with E-state index in [1.807, 2.05) is 35.8 Å². The van der Waals surface area contributed by atoms with Gasteiger partial charge in [0.15, 0.2) is 0 Å². The fraction of sp³-hybridized carbons (Fsp3) is 0.593. The lowest BCUT2D eigenvalue weighted by molar-refractivity contribution is -0.137. The van der Waals surface area contributed by atoms with E-state index in [-0.39, 0.29) is 17.7 Å². The number of carbonyl (C=O) groups excluding carboxylic acids is 2. The van der Waals surface area contributed by atoms with Crippen LogP contribution in [-0.2, 0) is 4.79 Å². The van der Waals surface area contributed by atoms with Crippen molar-refractivity contribution in [1.29, 1.82) is 0 Å². The third-order valence-corrected chi connectivity index (χ3v) is 7.56. The minimum absolute atomic E-state index is 0.0703. The third kappa shape index (κ3) is 6.03. The van der Waals surface area contributed by atoms with E-state index in [9.17, 15) is 9.59 Å². The summed E-state index contributed by atoms with van der Waals surface area (Å²) in [5.74, 6) is 1.30. The van der Waals surface area contributed by atoms with E-state index in [1.165, 1.54) is 0 Å². The highest BCUT2D eigenvalue weighted by molar-refractivity contribution is 6.30. The Balaban J connectivity index is 1.56. The molecule has 4 rings (SSSR count). The SMILES string of the molecule is Cc1onc(C(C)C)c1C(=O)N1CCC[C@@](COc2cccc(Cl)c2)(CC(=O)N2CCN(C)CC2)C1. The summed E-state index contributed by atoms with van der Waals surface area (Å²) >= 11 is 6.16. The van der Waals surface area contributed by atoms with Crippen molar-refractivity contribution in [2.45, 2.75) is 46.0 Å². The summed E-state index contributed by atoms with van der Waals surface area (Å²) in [4.78, 5) is 33.2. The van der Waals surface area contributed by atoms with Crippen molar-refractivity contribution in [1.82, 2.24) is 19.9 Å². The van der Waals surface area contributed by atoms with Gasteiger partial charge in [-0.05, 0) is 50.9 Å². The number of likely N-dealkylation sites (tertiary alicyclic amines) is 1. The standard InChI is InChI=1S/C27H37ClN4O4/c1-19(2)25-24(20(3)36-29-25)26(34)32-10-6-9-27(17-32,18-35-22-8-5-7-21(28)15-22)16-23(33)31-13-11-30(4)12-14-31/h5,7-8,15,19H,6,9-14,16-18H2,1-4H3/t27-/m1/s1. The topological polar surface area (TPSA) is 79.1 Å². The molecule has 0 N–H and O–H groups in total. The number of piperidine rings is 1. The third-order valence-electron chi connectivity index (χ3n) is 7.32. The Hall–Kier alpha value is -2.58. The van der Waals surface area contributed by atoms with Gasteiger partial charge in [0.25, 0.3) is 5.91 Å². The van der Waals surface area contributed by atoms with Crippen LogP contribution >= 0.6 is 11.6 Å². The van der Waals surface area contributed by atoms with Gasteiger partial charge < -0.3 is 24.0 Å². The Morgan fingerprint density at radius 3 is 2.61 bits per heavy atom. The van der Waals surface area contributed by atoms with Crippen molar-refractivity contribution in [3.63, 3.8) is 0 Å². The molecule has 196 valence electrons.